The Kier molecular flexibility index (Phi) is 7.08. The van der Waals surface area contributed by atoms with E-state index in [1.54, 1.807) is 18.2 Å². The Morgan fingerprint density at radius 2 is 2.03 bits per heavy atom. The van der Waals surface area contributed by atoms with Gasteiger partial charge < -0.3 is 19.7 Å². The lowest BCUT2D eigenvalue weighted by Crippen LogP contribution is -2.21. The highest BCUT2D eigenvalue weighted by Gasteiger charge is 2.42. The van der Waals surface area contributed by atoms with E-state index >= 15 is 0 Å². The third-order valence-corrected chi connectivity index (χ3v) is 6.38. The molecule has 5 atom stereocenters. The summed E-state index contributed by atoms with van der Waals surface area (Å²) in [6.45, 7) is 3.11. The summed E-state index contributed by atoms with van der Waals surface area (Å²) in [5, 5.41) is 19.9. The van der Waals surface area contributed by atoms with E-state index in [9.17, 15) is 15.0 Å². The molecule has 0 aromatic heterocycles. The molecule has 1 heterocycles. The van der Waals surface area contributed by atoms with Crippen molar-refractivity contribution in [2.24, 2.45) is 17.8 Å². The number of carboxylic acid groups (broad SMARTS) is 1. The highest BCUT2D eigenvalue weighted by molar-refractivity contribution is 5.89. The number of benzene rings is 2. The first kappa shape index (κ1) is 22.3. The van der Waals surface area contributed by atoms with Gasteiger partial charge in [-0.2, -0.15) is 0 Å². The molecular formula is C27H30O5. The van der Waals surface area contributed by atoms with Crippen LogP contribution in [-0.4, -0.2) is 41.6 Å². The smallest absolute Gasteiger partial charge is 0.335 e. The van der Waals surface area contributed by atoms with Crippen molar-refractivity contribution >= 4 is 11.5 Å². The number of hydrogen-bond donors (Lipinski definition) is 2. The maximum Gasteiger partial charge on any atom is 0.335 e. The molecular weight excluding hydrogens is 404 g/mol. The second-order valence-electron chi connectivity index (χ2n) is 8.73. The summed E-state index contributed by atoms with van der Waals surface area (Å²) in [5.74, 6) is 0.370. The first-order chi connectivity index (χ1) is 15.5. The summed E-state index contributed by atoms with van der Waals surface area (Å²) in [4.78, 5) is 11.3. The number of ether oxygens (including phenoxy) is 2. The summed E-state index contributed by atoms with van der Waals surface area (Å²) in [5.41, 5.74) is 2.16. The number of aliphatic hydroxyl groups excluding tert-OH is 1. The Balaban J connectivity index is 1.41. The Morgan fingerprint density at radius 1 is 1.22 bits per heavy atom. The van der Waals surface area contributed by atoms with Gasteiger partial charge in [0.1, 0.15) is 5.75 Å². The molecule has 1 unspecified atom stereocenters. The van der Waals surface area contributed by atoms with Crippen LogP contribution in [0, 0.1) is 17.8 Å². The first-order valence-electron chi connectivity index (χ1n) is 11.2. The van der Waals surface area contributed by atoms with Gasteiger partial charge in [0.25, 0.3) is 0 Å². The highest BCUT2D eigenvalue weighted by atomic mass is 16.5. The van der Waals surface area contributed by atoms with E-state index in [0.29, 0.717) is 19.6 Å². The molecule has 0 saturated heterocycles. The van der Waals surface area contributed by atoms with Crippen LogP contribution in [0.3, 0.4) is 0 Å². The van der Waals surface area contributed by atoms with E-state index in [2.05, 4.69) is 25.2 Å². The molecule has 1 aliphatic carbocycles. The van der Waals surface area contributed by atoms with Gasteiger partial charge in [0.2, 0.25) is 0 Å². The zero-order valence-electron chi connectivity index (χ0n) is 18.3. The van der Waals surface area contributed by atoms with Crippen molar-refractivity contribution in [2.75, 3.05) is 13.2 Å². The summed E-state index contributed by atoms with van der Waals surface area (Å²) in [6.07, 6.45) is 7.38. The summed E-state index contributed by atoms with van der Waals surface area (Å²) >= 11 is 0. The summed E-state index contributed by atoms with van der Waals surface area (Å²) in [6, 6.07) is 16.7. The van der Waals surface area contributed by atoms with Crippen LogP contribution in [0.25, 0.3) is 5.57 Å². The van der Waals surface area contributed by atoms with Crippen molar-refractivity contribution in [3.63, 3.8) is 0 Å². The van der Waals surface area contributed by atoms with E-state index in [4.69, 9.17) is 9.47 Å². The van der Waals surface area contributed by atoms with Gasteiger partial charge in [-0.1, -0.05) is 55.5 Å². The molecule has 2 aliphatic rings. The van der Waals surface area contributed by atoms with Gasteiger partial charge in [-0.3, -0.25) is 0 Å². The Labute approximate surface area is 189 Å². The van der Waals surface area contributed by atoms with Crippen molar-refractivity contribution in [3.05, 3.63) is 84.0 Å². The molecule has 5 heteroatoms. The number of para-hydroxylation sites is 1. The number of hydrogen-bond acceptors (Lipinski definition) is 4. The molecule has 2 N–H and O–H groups in total. The van der Waals surface area contributed by atoms with Gasteiger partial charge in [0, 0.05) is 18.3 Å². The lowest BCUT2D eigenvalue weighted by atomic mass is 9.89. The van der Waals surface area contributed by atoms with E-state index in [1.165, 1.54) is 0 Å². The average molecular weight is 435 g/mol. The number of carbonyl (C=O) groups is 1. The van der Waals surface area contributed by atoms with Crippen LogP contribution in [0.1, 0.15) is 35.7 Å². The molecule has 1 fully saturated rings. The van der Waals surface area contributed by atoms with Crippen LogP contribution in [0.15, 0.2) is 72.8 Å². The minimum absolute atomic E-state index is 0.00747. The molecule has 0 amide bonds. The van der Waals surface area contributed by atoms with Gasteiger partial charge >= 0.3 is 5.97 Å². The quantitative estimate of drug-likeness (QED) is 0.611. The molecule has 1 aliphatic heterocycles. The van der Waals surface area contributed by atoms with Gasteiger partial charge in [-0.15, -0.1) is 0 Å². The average Bonchev–Trinajstić information content (AvgIpc) is 2.96. The number of carboxylic acids is 1. The third kappa shape index (κ3) is 5.29. The zero-order chi connectivity index (χ0) is 22.5. The van der Waals surface area contributed by atoms with Crippen molar-refractivity contribution < 1.29 is 24.5 Å². The predicted octanol–water partition coefficient (Wildman–Crippen LogP) is 4.83. The van der Waals surface area contributed by atoms with Crippen LogP contribution in [-0.2, 0) is 4.74 Å². The monoisotopic (exact) mass is 434 g/mol. The second kappa shape index (κ2) is 10.2. The van der Waals surface area contributed by atoms with Crippen molar-refractivity contribution in [3.8, 4) is 5.75 Å². The Bertz CT molecular complexity index is 981. The van der Waals surface area contributed by atoms with Crippen LogP contribution in [0.2, 0.25) is 0 Å². The van der Waals surface area contributed by atoms with Crippen LogP contribution in [0.5, 0.6) is 5.75 Å². The predicted molar refractivity (Wildman–Crippen MR) is 124 cm³/mol. The minimum atomic E-state index is -0.933. The number of aliphatic hydroxyl groups is 1. The van der Waals surface area contributed by atoms with E-state index in [-0.39, 0.29) is 29.4 Å². The van der Waals surface area contributed by atoms with Crippen LogP contribution < -0.4 is 4.74 Å². The molecule has 2 aromatic carbocycles. The van der Waals surface area contributed by atoms with E-state index < -0.39 is 12.1 Å². The highest BCUT2D eigenvalue weighted by Crippen LogP contribution is 2.41. The Hall–Kier alpha value is -2.89. The minimum Gasteiger partial charge on any atom is -0.493 e. The van der Waals surface area contributed by atoms with Gasteiger partial charge in [-0.05, 0) is 47.7 Å². The molecule has 4 rings (SSSR count). The SMILES string of the molecule is CC(/C=C/[C@@H]1[C@H]2CC=C(c3cccc(C(=O)O)c3)CO[C@H]2C[C@H]1O)COc1ccccc1. The Morgan fingerprint density at radius 3 is 2.81 bits per heavy atom. The third-order valence-electron chi connectivity index (χ3n) is 6.38. The maximum atomic E-state index is 11.3. The normalized spacial score (nSPS) is 26.2. The fourth-order valence-electron chi connectivity index (χ4n) is 4.58. The second-order valence-corrected chi connectivity index (χ2v) is 8.73. The summed E-state index contributed by atoms with van der Waals surface area (Å²) < 4.78 is 12.0. The van der Waals surface area contributed by atoms with Crippen molar-refractivity contribution in [1.82, 2.24) is 0 Å². The van der Waals surface area contributed by atoms with Gasteiger partial charge in [0.15, 0.2) is 0 Å². The van der Waals surface area contributed by atoms with Crippen LogP contribution >= 0.6 is 0 Å². The molecule has 168 valence electrons. The zero-order valence-corrected chi connectivity index (χ0v) is 18.3. The number of aromatic carboxylic acids is 1. The van der Waals surface area contributed by atoms with Gasteiger partial charge in [0.05, 0.1) is 31.0 Å². The molecule has 32 heavy (non-hydrogen) atoms. The molecule has 0 spiro atoms. The molecule has 0 bridgehead atoms. The van der Waals surface area contributed by atoms with Gasteiger partial charge in [-0.25, -0.2) is 4.79 Å². The van der Waals surface area contributed by atoms with E-state index in [1.807, 2.05) is 36.4 Å². The molecule has 2 aromatic rings. The number of rotatable bonds is 7. The first-order valence-corrected chi connectivity index (χ1v) is 11.2. The lowest BCUT2D eigenvalue weighted by molar-refractivity contribution is 0.0470. The van der Waals surface area contributed by atoms with Crippen molar-refractivity contribution in [1.29, 1.82) is 0 Å². The number of allylic oxidation sites excluding steroid dienone is 1. The standard InChI is InChI=1S/C27H30O5/c1-18(16-31-22-8-3-2-4-9-22)10-12-23-24-13-11-21(17-32-26(24)15-25(23)28)19-6-5-7-20(14-19)27(29)30/h2-12,14,18,23-26,28H,13,15-17H2,1H3,(H,29,30)/b12-10+/t18?,23-,24-,25-,26+/m1/s1. The summed E-state index contributed by atoms with van der Waals surface area (Å²) in [7, 11) is 0. The molecule has 5 nitrogen and oxygen atoms in total. The van der Waals surface area contributed by atoms with Crippen LogP contribution in [0.4, 0.5) is 0 Å². The maximum absolute atomic E-state index is 11.3. The number of fused-ring (bicyclic) bond motifs is 1. The molecule has 0 radical (unpaired) electrons. The fraction of sp³-hybridized carbons (Fsp3) is 0.370. The fourth-order valence-corrected chi connectivity index (χ4v) is 4.58. The van der Waals surface area contributed by atoms with E-state index in [0.717, 1.165) is 23.3 Å². The topological polar surface area (TPSA) is 76.0 Å². The largest absolute Gasteiger partial charge is 0.493 e. The lowest BCUT2D eigenvalue weighted by Gasteiger charge is -2.21. The van der Waals surface area contributed by atoms with Crippen molar-refractivity contribution in [2.45, 2.75) is 32.0 Å². The molecule has 1 saturated carbocycles.